The van der Waals surface area contributed by atoms with Crippen molar-refractivity contribution in [2.45, 2.75) is 110 Å². The third-order valence-electron chi connectivity index (χ3n) is 17.9. The molecule has 3 aromatic heterocycles. The molecule has 68 heavy (non-hydrogen) atoms. The molecule has 0 amide bonds. The Kier molecular flexibility index (Phi) is 7.57. The zero-order chi connectivity index (χ0) is 46.1. The summed E-state index contributed by atoms with van der Waals surface area (Å²) >= 11 is 3.98. The summed E-state index contributed by atoms with van der Waals surface area (Å²) in [5, 5.41) is 10.8. The summed E-state index contributed by atoms with van der Waals surface area (Å²) in [5.41, 5.74) is 20.0. The molecule has 2 nitrogen and oxygen atoms in total. The average molecular weight is 915 g/mol. The lowest BCUT2D eigenvalue weighted by atomic mass is 9.43. The van der Waals surface area contributed by atoms with E-state index in [1.165, 1.54) is 166 Å². The molecule has 0 radical (unpaired) electrons. The number of hydrogen-bond acceptors (Lipinski definition) is 3. The third kappa shape index (κ3) is 5.04. The van der Waals surface area contributed by atoms with E-state index in [0.29, 0.717) is 0 Å². The maximum Gasteiger partial charge on any atom is 0.333 e. The van der Waals surface area contributed by atoms with Gasteiger partial charge >= 0.3 is 6.85 Å². The van der Waals surface area contributed by atoms with Crippen molar-refractivity contribution in [2.24, 2.45) is 0 Å². The highest BCUT2D eigenvalue weighted by molar-refractivity contribution is 7.26. The lowest BCUT2D eigenvalue weighted by Gasteiger charge is -2.43. The van der Waals surface area contributed by atoms with Gasteiger partial charge in [0.2, 0.25) is 0 Å². The minimum Gasteiger partial charge on any atom is -0.376 e. The largest absolute Gasteiger partial charge is 0.376 e. The predicted molar refractivity (Wildman–Crippen MR) is 298 cm³/mol. The molecule has 11 aromatic rings. The van der Waals surface area contributed by atoms with Crippen LogP contribution in [0.2, 0.25) is 0 Å². The maximum atomic E-state index is 2.82. The Bertz CT molecular complexity index is 4130. The number of nitrogens with zero attached hydrogens (tertiary/aromatic N) is 2. The Labute approximate surface area is 407 Å². The van der Waals surface area contributed by atoms with Crippen molar-refractivity contribution >= 4 is 125 Å². The van der Waals surface area contributed by atoms with E-state index < -0.39 is 0 Å². The van der Waals surface area contributed by atoms with Crippen LogP contribution in [0.3, 0.4) is 0 Å². The van der Waals surface area contributed by atoms with Gasteiger partial charge in [0.05, 0.1) is 11.0 Å². The van der Waals surface area contributed by atoms with E-state index >= 15 is 0 Å². The molecular formula is C63H55BN2S2. The van der Waals surface area contributed by atoms with Crippen LogP contribution in [0.5, 0.6) is 0 Å². The van der Waals surface area contributed by atoms with E-state index in [4.69, 9.17) is 0 Å². The van der Waals surface area contributed by atoms with Gasteiger partial charge in [-0.3, -0.25) is 0 Å². The second-order valence-corrected chi connectivity index (χ2v) is 26.0. The van der Waals surface area contributed by atoms with E-state index in [1.54, 1.807) is 0 Å². The van der Waals surface area contributed by atoms with Gasteiger partial charge in [-0.15, -0.1) is 22.7 Å². The van der Waals surface area contributed by atoms with Gasteiger partial charge in [-0.05, 0) is 176 Å². The molecule has 0 bridgehead atoms. The molecular weight excluding hydrogens is 860 g/mol. The summed E-state index contributed by atoms with van der Waals surface area (Å²) in [5.74, 6) is 0. The first-order chi connectivity index (χ1) is 32.6. The van der Waals surface area contributed by atoms with Crippen molar-refractivity contribution in [1.82, 2.24) is 4.57 Å². The molecule has 4 aliphatic rings. The Morgan fingerprint density at radius 3 is 1.72 bits per heavy atom. The molecule has 0 N–H and O–H groups in total. The first-order valence-electron chi connectivity index (χ1n) is 25.0. The van der Waals surface area contributed by atoms with Crippen molar-refractivity contribution in [1.29, 1.82) is 0 Å². The minimum atomic E-state index is -0.0496. The number of thiophene rings is 2. The van der Waals surface area contributed by atoms with Crippen molar-refractivity contribution in [3.63, 3.8) is 0 Å². The van der Waals surface area contributed by atoms with Gasteiger partial charge in [-0.25, -0.2) is 0 Å². The van der Waals surface area contributed by atoms with Crippen molar-refractivity contribution in [2.75, 3.05) is 4.81 Å². The molecule has 332 valence electrons. The van der Waals surface area contributed by atoms with E-state index in [1.807, 2.05) is 22.7 Å². The van der Waals surface area contributed by atoms with Crippen LogP contribution in [0.25, 0.3) is 89.7 Å². The van der Waals surface area contributed by atoms with Crippen molar-refractivity contribution in [3.05, 3.63) is 149 Å². The summed E-state index contributed by atoms with van der Waals surface area (Å²) in [6.07, 6.45) is 4.82. The van der Waals surface area contributed by atoms with Crippen LogP contribution in [0.1, 0.15) is 109 Å². The van der Waals surface area contributed by atoms with E-state index in [-0.39, 0.29) is 28.5 Å². The number of benzene rings is 8. The maximum absolute atomic E-state index is 2.82. The number of anilines is 2. The summed E-state index contributed by atoms with van der Waals surface area (Å²) in [6.45, 7) is 22.0. The molecule has 15 rings (SSSR count). The summed E-state index contributed by atoms with van der Waals surface area (Å²) in [6, 6.07) is 48.6. The number of aryl methyl sites for hydroxylation is 1. The van der Waals surface area contributed by atoms with Crippen LogP contribution >= 0.6 is 22.7 Å². The Hall–Kier alpha value is -5.88. The lowest BCUT2D eigenvalue weighted by molar-refractivity contribution is 0.332. The smallest absolute Gasteiger partial charge is 0.333 e. The Morgan fingerprint density at radius 1 is 0.471 bits per heavy atom. The summed E-state index contributed by atoms with van der Waals surface area (Å²) in [4.78, 5) is 2.82. The molecule has 0 spiro atoms. The van der Waals surface area contributed by atoms with Gasteiger partial charge in [-0.2, -0.15) is 0 Å². The summed E-state index contributed by atoms with van der Waals surface area (Å²) in [7, 11) is 0. The zero-order valence-electron chi connectivity index (χ0n) is 40.7. The number of aromatic nitrogens is 1. The van der Waals surface area contributed by atoms with Gasteiger partial charge in [-0.1, -0.05) is 110 Å². The van der Waals surface area contributed by atoms with Crippen LogP contribution in [-0.2, 0) is 21.7 Å². The standard InChI is InChI=1S/C63H55BN2S2/c1-34-26-41-56-48(20-21-52-57(56)40-31-43-45(33-54(40)68-52)63(8,9)25-23-61(43,4)5)66(47-18-13-19-51-55(47)39-30-42-44(32-53(39)67-51)62(6,7)24-22-60(42,2)3)64-46-17-12-16-37-38-28-35-14-10-11-15-36(35)29-49(38)65(59(37)46)50(27-34)58(41)64/h10-21,26-33H,22-25H2,1-9H3. The third-order valence-corrected chi connectivity index (χ3v) is 20.1. The molecule has 2 aliphatic carbocycles. The highest BCUT2D eigenvalue weighted by Gasteiger charge is 2.46. The van der Waals surface area contributed by atoms with Gasteiger partial charge < -0.3 is 9.38 Å². The van der Waals surface area contributed by atoms with E-state index in [2.05, 4.69) is 193 Å². The Balaban J connectivity index is 1.11. The quantitative estimate of drug-likeness (QED) is 0.149. The van der Waals surface area contributed by atoms with Crippen LogP contribution in [-0.4, -0.2) is 11.4 Å². The van der Waals surface area contributed by atoms with Crippen LogP contribution in [0.15, 0.2) is 121 Å². The predicted octanol–water partition coefficient (Wildman–Crippen LogP) is 16.9. The second-order valence-electron chi connectivity index (χ2n) is 23.8. The molecule has 0 fully saturated rings. The molecule has 0 saturated heterocycles. The number of fused-ring (bicyclic) bond motifs is 17. The fourth-order valence-electron chi connectivity index (χ4n) is 14.0. The fraction of sp³-hybridized carbons (Fsp3) is 0.270. The zero-order valence-corrected chi connectivity index (χ0v) is 42.3. The van der Waals surface area contributed by atoms with Gasteiger partial charge in [0.1, 0.15) is 0 Å². The second kappa shape index (κ2) is 12.9. The van der Waals surface area contributed by atoms with Gasteiger partial charge in [0, 0.05) is 73.7 Å². The lowest BCUT2D eigenvalue weighted by Crippen LogP contribution is -2.60. The highest BCUT2D eigenvalue weighted by Crippen LogP contribution is 2.56. The molecule has 5 heterocycles. The van der Waals surface area contributed by atoms with Gasteiger partial charge in [0.15, 0.2) is 0 Å². The van der Waals surface area contributed by atoms with Crippen LogP contribution in [0.4, 0.5) is 11.4 Å². The van der Waals surface area contributed by atoms with Gasteiger partial charge in [0.25, 0.3) is 0 Å². The minimum absolute atomic E-state index is 0.0496. The Morgan fingerprint density at radius 2 is 1.06 bits per heavy atom. The molecule has 8 aromatic carbocycles. The summed E-state index contributed by atoms with van der Waals surface area (Å²) < 4.78 is 8.20. The van der Waals surface area contributed by atoms with Crippen molar-refractivity contribution in [3.8, 4) is 16.8 Å². The molecule has 0 saturated carbocycles. The van der Waals surface area contributed by atoms with Crippen LogP contribution < -0.4 is 15.7 Å². The first-order valence-corrected chi connectivity index (χ1v) is 26.7. The molecule has 2 aliphatic heterocycles. The molecule has 0 unspecified atom stereocenters. The van der Waals surface area contributed by atoms with E-state index in [0.717, 1.165) is 0 Å². The number of hydrogen-bond donors (Lipinski definition) is 0. The van der Waals surface area contributed by atoms with Crippen molar-refractivity contribution < 1.29 is 0 Å². The van der Waals surface area contributed by atoms with Crippen LogP contribution in [0, 0.1) is 6.92 Å². The normalized spacial score (nSPS) is 18.2. The van der Waals surface area contributed by atoms with E-state index in [9.17, 15) is 0 Å². The topological polar surface area (TPSA) is 8.17 Å². The average Bonchev–Trinajstić information content (AvgIpc) is 3.99. The molecule has 5 heteroatoms. The number of rotatable bonds is 1. The monoisotopic (exact) mass is 914 g/mol. The highest BCUT2D eigenvalue weighted by atomic mass is 32.1. The molecule has 0 atom stereocenters. The first kappa shape index (κ1) is 40.1. The fourth-order valence-corrected chi connectivity index (χ4v) is 16.3. The SMILES string of the molecule is Cc1cc2c3c(c1)-n1c4cc5ccccc5cc4c4cccc(c41)B3N(c1cccc3sc4cc5c(cc4c13)C(C)(C)CCC5(C)C)c1ccc3sc4cc5c(cc4c3c1-2)C(C)(C)CCC5(C)C. The number of para-hydroxylation sites is 1.